The maximum atomic E-state index is 13.5. The molecule has 0 radical (unpaired) electrons. The Morgan fingerprint density at radius 2 is 1.02 bits per heavy atom. The number of carboxylic acids is 1. The molecule has 18 unspecified atom stereocenters. The molecule has 534 valence electrons. The van der Waals surface area contributed by atoms with Crippen LogP contribution in [0.15, 0.2) is 12.2 Å². The van der Waals surface area contributed by atoms with Crippen LogP contribution in [-0.2, 0) is 42.8 Å². The van der Waals surface area contributed by atoms with Gasteiger partial charge in [-0.1, -0.05) is 238 Å². The Morgan fingerprint density at radius 3 is 1.46 bits per heavy atom. The molecule has 0 aromatic rings. The van der Waals surface area contributed by atoms with Gasteiger partial charge in [-0.2, -0.15) is 0 Å². The number of ether oxygens (including phenoxy) is 6. The number of hydrogen-bond donors (Lipinski definition) is 14. The number of carboxylic acid groups (broad SMARTS) is 1. The van der Waals surface area contributed by atoms with E-state index in [0.29, 0.717) is 12.8 Å². The summed E-state index contributed by atoms with van der Waals surface area (Å²) in [5.74, 6) is -6.13. The molecule has 0 aromatic heterocycles. The van der Waals surface area contributed by atoms with Gasteiger partial charge in [-0.3, -0.25) is 9.59 Å². The molecule has 0 bridgehead atoms. The first kappa shape index (κ1) is 82.7. The smallest absolute Gasteiger partial charge is 0.364 e. The molecule has 0 aromatic carbocycles. The average Bonchev–Trinajstić information content (AvgIpc) is 0.766. The maximum Gasteiger partial charge on any atom is 0.364 e. The molecule has 0 aliphatic carbocycles. The summed E-state index contributed by atoms with van der Waals surface area (Å²) in [6.45, 7) is 2.16. The van der Waals surface area contributed by atoms with Crippen molar-refractivity contribution in [2.24, 2.45) is 0 Å². The van der Waals surface area contributed by atoms with Crippen LogP contribution in [0.4, 0.5) is 0 Å². The maximum absolute atomic E-state index is 13.5. The van der Waals surface area contributed by atoms with Crippen LogP contribution in [0.1, 0.15) is 265 Å². The Labute approximate surface area is 543 Å². The van der Waals surface area contributed by atoms with E-state index in [4.69, 9.17) is 28.4 Å². The first-order valence-electron chi connectivity index (χ1n) is 35.6. The van der Waals surface area contributed by atoms with Crippen LogP contribution in [0.5, 0.6) is 0 Å². The fourth-order valence-electron chi connectivity index (χ4n) is 12.5. The van der Waals surface area contributed by atoms with Gasteiger partial charge < -0.3 is 100 Å². The third-order valence-corrected chi connectivity index (χ3v) is 18.2. The van der Waals surface area contributed by atoms with Gasteiger partial charge in [0.25, 0.3) is 5.79 Å². The van der Waals surface area contributed by atoms with Crippen molar-refractivity contribution < 1.29 is 104 Å². The zero-order valence-corrected chi connectivity index (χ0v) is 55.7. The van der Waals surface area contributed by atoms with E-state index in [1.807, 2.05) is 6.08 Å². The Bertz CT molecular complexity index is 1890. The van der Waals surface area contributed by atoms with Crippen LogP contribution in [0.25, 0.3) is 0 Å². The lowest BCUT2D eigenvalue weighted by Gasteiger charge is -2.50. The molecular weight excluding hydrogens is 1180 g/mol. The second kappa shape index (κ2) is 49.1. The lowest BCUT2D eigenvalue weighted by Crippen LogP contribution is -2.70. The average molecular weight is 1310 g/mol. The van der Waals surface area contributed by atoms with E-state index in [-0.39, 0.29) is 12.3 Å². The van der Waals surface area contributed by atoms with Gasteiger partial charge in [-0.15, -0.1) is 0 Å². The molecule has 3 fully saturated rings. The van der Waals surface area contributed by atoms with E-state index >= 15 is 0 Å². The number of allylic oxidation sites excluding steroid dienone is 1. The van der Waals surface area contributed by atoms with Crippen LogP contribution in [0, 0.1) is 0 Å². The molecule has 3 aliphatic rings. The van der Waals surface area contributed by atoms with Gasteiger partial charge in [0.2, 0.25) is 11.8 Å². The van der Waals surface area contributed by atoms with E-state index < -0.39 is 155 Å². The molecule has 23 nitrogen and oxygen atoms in total. The van der Waals surface area contributed by atoms with E-state index in [9.17, 15) is 75.7 Å². The molecule has 23 heteroatoms. The van der Waals surface area contributed by atoms with Crippen molar-refractivity contribution in [3.8, 4) is 0 Å². The topological polar surface area (TPSA) is 373 Å². The van der Waals surface area contributed by atoms with Crippen molar-refractivity contribution in [1.29, 1.82) is 0 Å². The van der Waals surface area contributed by atoms with Crippen LogP contribution in [-0.4, -0.2) is 215 Å². The molecule has 3 aliphatic heterocycles. The molecular formula is C68H126N2O21. The number of aliphatic hydroxyl groups is 11. The van der Waals surface area contributed by atoms with Crippen molar-refractivity contribution in [1.82, 2.24) is 10.6 Å². The van der Waals surface area contributed by atoms with E-state index in [2.05, 4.69) is 24.5 Å². The number of hydrogen-bond acceptors (Lipinski definition) is 20. The minimum atomic E-state index is -3.08. The molecule has 3 rings (SSSR count). The quantitative estimate of drug-likeness (QED) is 0.0223. The fourth-order valence-corrected chi connectivity index (χ4v) is 12.5. The highest BCUT2D eigenvalue weighted by Crippen LogP contribution is 2.39. The summed E-state index contributed by atoms with van der Waals surface area (Å²) in [7, 11) is 0. The number of unbranched alkanes of at least 4 members (excludes halogenated alkanes) is 34. The third kappa shape index (κ3) is 31.5. The first-order valence-corrected chi connectivity index (χ1v) is 35.6. The zero-order chi connectivity index (χ0) is 66.8. The van der Waals surface area contributed by atoms with Crippen LogP contribution < -0.4 is 10.6 Å². The second-order valence-electron chi connectivity index (χ2n) is 26.1. The summed E-state index contributed by atoms with van der Waals surface area (Å²) >= 11 is 0. The summed E-state index contributed by atoms with van der Waals surface area (Å²) in [5.41, 5.74) is 0. The molecule has 18 atom stereocenters. The van der Waals surface area contributed by atoms with Gasteiger partial charge >= 0.3 is 5.97 Å². The monoisotopic (exact) mass is 1310 g/mol. The number of rotatable bonds is 54. The Kier molecular flexibility index (Phi) is 44.6. The number of aliphatic hydroxyl groups excluding tert-OH is 11. The summed E-state index contributed by atoms with van der Waals surface area (Å²) in [6.07, 6.45) is 18.2. The van der Waals surface area contributed by atoms with E-state index in [1.165, 1.54) is 173 Å². The highest BCUT2D eigenvalue weighted by atomic mass is 16.8. The zero-order valence-electron chi connectivity index (χ0n) is 55.7. The van der Waals surface area contributed by atoms with Crippen LogP contribution in [0.3, 0.4) is 0 Å². The largest absolute Gasteiger partial charge is 0.477 e. The third-order valence-electron chi connectivity index (χ3n) is 18.2. The first-order chi connectivity index (χ1) is 43.9. The summed E-state index contributed by atoms with van der Waals surface area (Å²) < 4.78 is 34.8. The SMILES string of the molecule is CCCCCCCCCCCCCCCCCCCCC/C=C/C(O)C(COC1OC(CO)C(OC2OC(CO)C(O)C(OC3(C(=O)O)CC(O)C(NC(C)=O)C(C(O)C(O)CO)O3)C2O)C(O)C1O)NC(=O)CCCCCCCCCCCCCCCCCC. The molecule has 14 N–H and O–H groups in total. The predicted molar refractivity (Wildman–Crippen MR) is 343 cm³/mol. The van der Waals surface area contributed by atoms with Crippen molar-refractivity contribution in [2.75, 3.05) is 26.4 Å². The lowest BCUT2D eigenvalue weighted by molar-refractivity contribution is -0.386. The number of nitrogens with one attached hydrogen (secondary N) is 2. The molecule has 0 spiro atoms. The van der Waals surface area contributed by atoms with Gasteiger partial charge in [-0.25, -0.2) is 4.79 Å². The Hall–Kier alpha value is -2.53. The van der Waals surface area contributed by atoms with Crippen LogP contribution in [0.2, 0.25) is 0 Å². The fraction of sp³-hybridized carbons (Fsp3) is 0.926. The number of carbonyl (C=O) groups excluding carboxylic acids is 2. The predicted octanol–water partition coefficient (Wildman–Crippen LogP) is 6.68. The van der Waals surface area contributed by atoms with Crippen molar-refractivity contribution >= 4 is 17.8 Å². The Balaban J connectivity index is 1.60. The molecule has 3 saturated heterocycles. The van der Waals surface area contributed by atoms with Crippen LogP contribution >= 0.6 is 0 Å². The van der Waals surface area contributed by atoms with Gasteiger partial charge in [0, 0.05) is 19.8 Å². The molecule has 0 saturated carbocycles. The van der Waals surface area contributed by atoms with Gasteiger partial charge in [0.1, 0.15) is 67.1 Å². The summed E-state index contributed by atoms with van der Waals surface area (Å²) in [6, 6.07) is -2.61. The number of carbonyl (C=O) groups is 3. The highest BCUT2D eigenvalue weighted by molar-refractivity contribution is 5.77. The van der Waals surface area contributed by atoms with Gasteiger partial charge in [0.05, 0.1) is 50.7 Å². The van der Waals surface area contributed by atoms with Crippen molar-refractivity contribution in [3.63, 3.8) is 0 Å². The van der Waals surface area contributed by atoms with Gasteiger partial charge in [-0.05, 0) is 19.3 Å². The van der Waals surface area contributed by atoms with E-state index in [0.717, 1.165) is 51.9 Å². The molecule has 3 heterocycles. The molecule has 91 heavy (non-hydrogen) atoms. The van der Waals surface area contributed by atoms with Crippen molar-refractivity contribution in [3.05, 3.63) is 12.2 Å². The normalized spacial score (nSPS) is 28.4. The van der Waals surface area contributed by atoms with Gasteiger partial charge in [0.15, 0.2) is 12.6 Å². The van der Waals surface area contributed by atoms with E-state index in [1.54, 1.807) is 6.08 Å². The minimum absolute atomic E-state index is 0.205. The number of amides is 2. The molecule has 2 amide bonds. The number of aliphatic carboxylic acids is 1. The summed E-state index contributed by atoms with van der Waals surface area (Å²) in [5, 5.41) is 136. The Morgan fingerprint density at radius 1 is 0.571 bits per heavy atom. The summed E-state index contributed by atoms with van der Waals surface area (Å²) in [4.78, 5) is 38.5. The minimum Gasteiger partial charge on any atom is -0.477 e. The second-order valence-corrected chi connectivity index (χ2v) is 26.1. The van der Waals surface area contributed by atoms with Crippen molar-refractivity contribution in [2.45, 2.75) is 375 Å². The standard InChI is InChI=1S/C68H126N2O21/c1-4-6-8-10-12-14-16-18-20-22-23-24-25-26-27-29-31-33-35-37-39-41-50(75)49(70-55(78)42-40-38-36-34-32-30-28-21-19-17-15-13-11-9-7-5-2)47-86-65-60(82)59(81)62(54(46-73)88-65)89-66-61(83)64(58(80)53(45-72)87-66)91-68(67(84)85)43-51(76)56(69-48(3)74)63(90-68)57(79)52(77)44-71/h39,41,49-54,56-66,71-73,75-77,79-83H,4-38,40,42-47H2,1-3H3,(H,69,74)(H,70,78)(H,84,85)/b41-39+. The highest BCUT2D eigenvalue weighted by Gasteiger charge is 2.60. The lowest BCUT2D eigenvalue weighted by atomic mass is 9.88.